The quantitative estimate of drug-likeness (QED) is 0.799. The Morgan fingerprint density at radius 2 is 2.20 bits per heavy atom. The van der Waals surface area contributed by atoms with Crippen molar-refractivity contribution >= 4 is 26.0 Å². The van der Waals surface area contributed by atoms with Gasteiger partial charge in [0.05, 0.1) is 37.4 Å². The third kappa shape index (κ3) is 4.00. The summed E-state index contributed by atoms with van der Waals surface area (Å²) in [6.07, 6.45) is -0.279. The first kappa shape index (κ1) is 15.9. The largest absolute Gasteiger partial charge is 0.392 e. The van der Waals surface area contributed by atoms with Crippen molar-refractivity contribution in [1.82, 2.24) is 4.72 Å². The molecule has 2 rings (SSSR count). The Morgan fingerprint density at radius 3 is 2.85 bits per heavy atom. The summed E-state index contributed by atoms with van der Waals surface area (Å²) in [6.45, 7) is 1.32. The van der Waals surface area contributed by atoms with Crippen molar-refractivity contribution in [3.05, 3.63) is 28.2 Å². The molecule has 112 valence electrons. The highest BCUT2D eigenvalue weighted by Gasteiger charge is 2.21. The normalized spacial score (nSPS) is 20.0. The highest BCUT2D eigenvalue weighted by molar-refractivity contribution is 9.10. The summed E-state index contributed by atoms with van der Waals surface area (Å²) in [5, 5.41) is 9.09. The maximum Gasteiger partial charge on any atom is 0.241 e. The Balaban J connectivity index is 2.09. The van der Waals surface area contributed by atoms with E-state index in [0.29, 0.717) is 29.9 Å². The zero-order valence-corrected chi connectivity index (χ0v) is 13.1. The third-order valence-electron chi connectivity index (χ3n) is 2.85. The number of nitrogens with one attached hydrogen (secondary N) is 1. The lowest BCUT2D eigenvalue weighted by Gasteiger charge is -2.23. The van der Waals surface area contributed by atoms with Crippen LogP contribution in [-0.4, -0.2) is 46.0 Å². The lowest BCUT2D eigenvalue weighted by atomic mass is 10.2. The van der Waals surface area contributed by atoms with Gasteiger partial charge in [0.25, 0.3) is 0 Å². The van der Waals surface area contributed by atoms with Crippen LogP contribution in [-0.2, 0) is 26.1 Å². The smallest absolute Gasteiger partial charge is 0.241 e. The number of benzene rings is 1. The standard InChI is InChI=1S/C12H16BrNO5S/c13-11-2-1-9(7-15)5-12(11)20(16,17)14-6-10-8-18-3-4-19-10/h1-2,5,10,14-15H,3-4,6-8H2. The van der Waals surface area contributed by atoms with Gasteiger partial charge >= 0.3 is 0 Å². The predicted molar refractivity (Wildman–Crippen MR) is 75.8 cm³/mol. The highest BCUT2D eigenvalue weighted by Crippen LogP contribution is 2.23. The molecule has 1 aliphatic heterocycles. The molecule has 1 saturated heterocycles. The van der Waals surface area contributed by atoms with Gasteiger partial charge in [0.2, 0.25) is 10.0 Å². The van der Waals surface area contributed by atoms with Crippen LogP contribution < -0.4 is 4.72 Å². The molecule has 0 saturated carbocycles. The Morgan fingerprint density at radius 1 is 1.40 bits per heavy atom. The molecule has 0 bridgehead atoms. The Bertz CT molecular complexity index is 557. The average Bonchev–Trinajstić information content (AvgIpc) is 2.47. The monoisotopic (exact) mass is 365 g/mol. The highest BCUT2D eigenvalue weighted by atomic mass is 79.9. The minimum Gasteiger partial charge on any atom is -0.392 e. The topological polar surface area (TPSA) is 84.9 Å². The van der Waals surface area contributed by atoms with Crippen LogP contribution in [0.4, 0.5) is 0 Å². The van der Waals surface area contributed by atoms with Crippen molar-refractivity contribution in [2.24, 2.45) is 0 Å². The Labute approximate surface area is 126 Å². The minimum absolute atomic E-state index is 0.0979. The van der Waals surface area contributed by atoms with Crippen LogP contribution in [0.3, 0.4) is 0 Å². The van der Waals surface area contributed by atoms with Gasteiger partial charge in [0, 0.05) is 11.0 Å². The number of hydrogen-bond donors (Lipinski definition) is 2. The molecule has 0 spiro atoms. The van der Waals surface area contributed by atoms with E-state index in [1.54, 1.807) is 12.1 Å². The summed E-state index contributed by atoms with van der Waals surface area (Å²) in [5.74, 6) is 0. The lowest BCUT2D eigenvalue weighted by molar-refractivity contribution is -0.0846. The molecule has 0 aromatic heterocycles. The van der Waals surface area contributed by atoms with Crippen molar-refractivity contribution in [2.45, 2.75) is 17.6 Å². The molecule has 1 atom stereocenters. The van der Waals surface area contributed by atoms with E-state index < -0.39 is 10.0 Å². The van der Waals surface area contributed by atoms with Crippen molar-refractivity contribution in [3.63, 3.8) is 0 Å². The summed E-state index contributed by atoms with van der Waals surface area (Å²) in [7, 11) is -3.67. The second kappa shape index (κ2) is 6.97. The number of hydrogen-bond acceptors (Lipinski definition) is 5. The molecule has 2 N–H and O–H groups in total. The van der Waals surface area contributed by atoms with Crippen LogP contribution in [0.2, 0.25) is 0 Å². The summed E-state index contributed by atoms with van der Waals surface area (Å²) < 4.78 is 38.0. The van der Waals surface area contributed by atoms with Gasteiger partial charge in [0.15, 0.2) is 0 Å². The van der Waals surface area contributed by atoms with E-state index in [1.807, 2.05) is 0 Å². The molecule has 0 amide bonds. The van der Waals surface area contributed by atoms with E-state index in [9.17, 15) is 8.42 Å². The van der Waals surface area contributed by atoms with Crippen LogP contribution in [0.5, 0.6) is 0 Å². The van der Waals surface area contributed by atoms with Gasteiger partial charge in [-0.25, -0.2) is 13.1 Å². The molecule has 0 radical (unpaired) electrons. The average molecular weight is 366 g/mol. The number of aliphatic hydroxyl groups excluding tert-OH is 1. The molecule has 8 heteroatoms. The second-order valence-electron chi connectivity index (χ2n) is 4.34. The van der Waals surface area contributed by atoms with E-state index in [4.69, 9.17) is 14.6 Å². The molecule has 1 aromatic carbocycles. The van der Waals surface area contributed by atoms with E-state index in [-0.39, 0.29) is 24.2 Å². The Hall–Kier alpha value is -0.510. The molecule has 1 fully saturated rings. The first-order chi connectivity index (χ1) is 9.53. The van der Waals surface area contributed by atoms with Crippen molar-refractivity contribution in [1.29, 1.82) is 0 Å². The van der Waals surface area contributed by atoms with Gasteiger partial charge in [-0.05, 0) is 33.6 Å². The third-order valence-corrected chi connectivity index (χ3v) is 5.27. The SMILES string of the molecule is O=S(=O)(NCC1COCCO1)c1cc(CO)ccc1Br. The van der Waals surface area contributed by atoms with Crippen LogP contribution in [0.1, 0.15) is 5.56 Å². The van der Waals surface area contributed by atoms with Crippen LogP contribution in [0.25, 0.3) is 0 Å². The van der Waals surface area contributed by atoms with Crippen molar-refractivity contribution in [2.75, 3.05) is 26.4 Å². The number of ether oxygens (including phenoxy) is 2. The summed E-state index contributed by atoms with van der Waals surface area (Å²) in [6, 6.07) is 4.69. The maximum absolute atomic E-state index is 12.2. The number of sulfonamides is 1. The summed E-state index contributed by atoms with van der Waals surface area (Å²) in [5.41, 5.74) is 0.533. The van der Waals surface area contributed by atoms with Gasteiger partial charge in [-0.2, -0.15) is 0 Å². The number of aliphatic hydroxyl groups is 1. The lowest BCUT2D eigenvalue weighted by Crippen LogP contribution is -2.39. The van der Waals surface area contributed by atoms with E-state index in [2.05, 4.69) is 20.7 Å². The van der Waals surface area contributed by atoms with Crippen LogP contribution in [0.15, 0.2) is 27.6 Å². The maximum atomic E-state index is 12.2. The van der Waals surface area contributed by atoms with Crippen LogP contribution >= 0.6 is 15.9 Å². The van der Waals surface area contributed by atoms with Gasteiger partial charge < -0.3 is 14.6 Å². The van der Waals surface area contributed by atoms with Crippen molar-refractivity contribution in [3.8, 4) is 0 Å². The van der Waals surface area contributed by atoms with Gasteiger partial charge in [-0.1, -0.05) is 6.07 Å². The van der Waals surface area contributed by atoms with Crippen LogP contribution in [0, 0.1) is 0 Å². The molecule has 1 unspecified atom stereocenters. The van der Waals surface area contributed by atoms with Gasteiger partial charge in [-0.3, -0.25) is 0 Å². The van der Waals surface area contributed by atoms with E-state index in [0.717, 1.165) is 0 Å². The fraction of sp³-hybridized carbons (Fsp3) is 0.500. The fourth-order valence-electron chi connectivity index (χ4n) is 1.79. The minimum atomic E-state index is -3.67. The molecule has 1 heterocycles. The van der Waals surface area contributed by atoms with E-state index in [1.165, 1.54) is 6.07 Å². The molecule has 1 aromatic rings. The van der Waals surface area contributed by atoms with Gasteiger partial charge in [0.1, 0.15) is 0 Å². The molecular weight excluding hydrogens is 350 g/mol. The first-order valence-corrected chi connectivity index (χ1v) is 8.39. The second-order valence-corrected chi connectivity index (χ2v) is 6.93. The molecular formula is C12H16BrNO5S. The fourth-order valence-corrected chi connectivity index (χ4v) is 3.86. The summed E-state index contributed by atoms with van der Waals surface area (Å²) >= 11 is 3.20. The summed E-state index contributed by atoms with van der Waals surface area (Å²) in [4.78, 5) is 0.0979. The molecule has 6 nitrogen and oxygen atoms in total. The zero-order chi connectivity index (χ0) is 14.6. The van der Waals surface area contributed by atoms with Crippen molar-refractivity contribution < 1.29 is 23.0 Å². The number of rotatable bonds is 5. The molecule has 1 aliphatic rings. The van der Waals surface area contributed by atoms with Gasteiger partial charge in [-0.15, -0.1) is 0 Å². The predicted octanol–water partition coefficient (Wildman–Crippen LogP) is 0.635. The zero-order valence-electron chi connectivity index (χ0n) is 10.7. The first-order valence-electron chi connectivity index (χ1n) is 6.11. The Kier molecular flexibility index (Phi) is 5.53. The molecule has 0 aliphatic carbocycles. The molecule has 20 heavy (non-hydrogen) atoms. The number of halogens is 1. The van der Waals surface area contributed by atoms with E-state index >= 15 is 0 Å².